The highest BCUT2D eigenvalue weighted by molar-refractivity contribution is 14.1. The van der Waals surface area contributed by atoms with E-state index in [1.807, 2.05) is 0 Å². The smallest absolute Gasteiger partial charge is 0.223 e. The van der Waals surface area contributed by atoms with Gasteiger partial charge in [0, 0.05) is 17.3 Å². The van der Waals surface area contributed by atoms with E-state index in [1.54, 1.807) is 11.3 Å². The molecule has 0 bridgehead atoms. The number of halogens is 1. The Hall–Kier alpha value is -0.100. The molecule has 14 heavy (non-hydrogen) atoms. The zero-order valence-electron chi connectivity index (χ0n) is 7.75. The third-order valence-electron chi connectivity index (χ3n) is 2.25. The van der Waals surface area contributed by atoms with Crippen LogP contribution in [0.2, 0.25) is 0 Å². The maximum absolute atomic E-state index is 11.3. The van der Waals surface area contributed by atoms with E-state index in [0.29, 0.717) is 5.92 Å². The summed E-state index contributed by atoms with van der Waals surface area (Å²) in [5.41, 5.74) is 0. The van der Waals surface area contributed by atoms with Crippen LogP contribution >= 0.6 is 33.9 Å². The molecule has 0 unspecified atom stereocenters. The van der Waals surface area contributed by atoms with Crippen molar-refractivity contribution in [1.82, 2.24) is 5.32 Å². The summed E-state index contributed by atoms with van der Waals surface area (Å²) < 4.78 is 1.31. The van der Waals surface area contributed by atoms with Gasteiger partial charge >= 0.3 is 0 Å². The summed E-state index contributed by atoms with van der Waals surface area (Å²) >= 11 is 4.12. The van der Waals surface area contributed by atoms with Gasteiger partial charge in [-0.05, 0) is 54.0 Å². The lowest BCUT2D eigenvalue weighted by molar-refractivity contribution is -0.122. The molecule has 76 valence electrons. The molecule has 2 nitrogen and oxygen atoms in total. The Morgan fingerprint density at radius 1 is 1.57 bits per heavy atom. The van der Waals surface area contributed by atoms with E-state index >= 15 is 0 Å². The van der Waals surface area contributed by atoms with E-state index in [0.717, 1.165) is 25.8 Å². The van der Waals surface area contributed by atoms with Crippen molar-refractivity contribution in [2.45, 2.75) is 19.3 Å². The lowest BCUT2D eigenvalue weighted by Crippen LogP contribution is -2.26. The standard InChI is InChI=1S/C10H12INOS/c11-9-4-3-8(14-9)5-6-12-10(13)7-1-2-7/h3-4,7H,1-2,5-6H2,(H,12,13). The van der Waals surface area contributed by atoms with Crippen LogP contribution in [0, 0.1) is 8.80 Å². The Morgan fingerprint density at radius 3 is 2.93 bits per heavy atom. The molecular weight excluding hydrogens is 309 g/mol. The van der Waals surface area contributed by atoms with Crippen molar-refractivity contribution in [2.75, 3.05) is 6.54 Å². The minimum Gasteiger partial charge on any atom is -0.356 e. The molecule has 0 aromatic carbocycles. The van der Waals surface area contributed by atoms with E-state index < -0.39 is 0 Å². The molecule has 0 radical (unpaired) electrons. The highest BCUT2D eigenvalue weighted by Crippen LogP contribution is 2.28. The molecular formula is C10H12INOS. The first-order valence-electron chi connectivity index (χ1n) is 4.77. The normalized spacial score (nSPS) is 15.5. The van der Waals surface area contributed by atoms with Crippen LogP contribution in [0.4, 0.5) is 0 Å². The topological polar surface area (TPSA) is 29.1 Å². The predicted octanol–water partition coefficient (Wildman–Crippen LogP) is 2.42. The van der Waals surface area contributed by atoms with Crippen LogP contribution < -0.4 is 5.32 Å². The summed E-state index contributed by atoms with van der Waals surface area (Å²) in [4.78, 5) is 12.6. The Bertz CT molecular complexity index is 333. The first-order chi connectivity index (χ1) is 6.75. The number of carbonyl (C=O) groups is 1. The second-order valence-corrected chi connectivity index (χ2v) is 6.58. The summed E-state index contributed by atoms with van der Waals surface area (Å²) in [5, 5.41) is 2.97. The Kier molecular flexibility index (Phi) is 3.43. The third-order valence-corrected chi connectivity index (χ3v) is 4.20. The number of nitrogens with one attached hydrogen (secondary N) is 1. The average molecular weight is 321 g/mol. The summed E-state index contributed by atoms with van der Waals surface area (Å²) in [5.74, 6) is 0.578. The molecule has 1 aliphatic carbocycles. The van der Waals surface area contributed by atoms with Crippen LogP contribution in [0.1, 0.15) is 17.7 Å². The fourth-order valence-electron chi connectivity index (χ4n) is 1.28. The van der Waals surface area contributed by atoms with Crippen LogP contribution in [0.15, 0.2) is 12.1 Å². The summed E-state index contributed by atoms with van der Waals surface area (Å²) in [7, 11) is 0. The van der Waals surface area contributed by atoms with Crippen molar-refractivity contribution in [2.24, 2.45) is 5.92 Å². The van der Waals surface area contributed by atoms with Crippen molar-refractivity contribution in [1.29, 1.82) is 0 Å². The van der Waals surface area contributed by atoms with Crippen LogP contribution in [0.3, 0.4) is 0 Å². The van der Waals surface area contributed by atoms with Gasteiger partial charge < -0.3 is 5.32 Å². The number of hydrogen-bond donors (Lipinski definition) is 1. The minimum absolute atomic E-state index is 0.247. The number of hydrogen-bond acceptors (Lipinski definition) is 2. The Labute approximate surface area is 101 Å². The second kappa shape index (κ2) is 4.61. The van der Waals surface area contributed by atoms with E-state index in [-0.39, 0.29) is 5.91 Å². The molecule has 0 spiro atoms. The average Bonchev–Trinajstić information content (AvgIpc) is 2.92. The lowest BCUT2D eigenvalue weighted by atomic mass is 10.3. The molecule has 1 N–H and O–H groups in total. The zero-order chi connectivity index (χ0) is 9.97. The van der Waals surface area contributed by atoms with Crippen molar-refractivity contribution >= 4 is 39.8 Å². The van der Waals surface area contributed by atoms with Crippen molar-refractivity contribution in [3.05, 3.63) is 19.9 Å². The second-order valence-electron chi connectivity index (χ2n) is 3.52. The van der Waals surface area contributed by atoms with E-state index in [4.69, 9.17) is 0 Å². The molecule has 0 aliphatic heterocycles. The van der Waals surface area contributed by atoms with Crippen LogP contribution in [-0.4, -0.2) is 12.5 Å². The predicted molar refractivity (Wildman–Crippen MR) is 66.5 cm³/mol. The highest BCUT2D eigenvalue weighted by Gasteiger charge is 2.28. The Balaban J connectivity index is 1.69. The molecule has 1 fully saturated rings. The van der Waals surface area contributed by atoms with Gasteiger partial charge in [-0.25, -0.2) is 0 Å². The van der Waals surface area contributed by atoms with Gasteiger partial charge in [0.1, 0.15) is 0 Å². The largest absolute Gasteiger partial charge is 0.356 e. The molecule has 0 saturated heterocycles. The van der Waals surface area contributed by atoms with E-state index in [1.165, 1.54) is 7.76 Å². The molecule has 1 aromatic rings. The number of carbonyl (C=O) groups excluding carboxylic acids is 1. The molecule has 1 amide bonds. The molecule has 1 aliphatic rings. The molecule has 4 heteroatoms. The first kappa shape index (κ1) is 10.4. The van der Waals surface area contributed by atoms with Crippen molar-refractivity contribution in [3.8, 4) is 0 Å². The molecule has 1 heterocycles. The quantitative estimate of drug-likeness (QED) is 0.848. The van der Waals surface area contributed by atoms with Crippen molar-refractivity contribution in [3.63, 3.8) is 0 Å². The fraction of sp³-hybridized carbons (Fsp3) is 0.500. The van der Waals surface area contributed by atoms with Gasteiger partial charge in [0.05, 0.1) is 2.88 Å². The zero-order valence-corrected chi connectivity index (χ0v) is 10.7. The van der Waals surface area contributed by atoms with Crippen molar-refractivity contribution < 1.29 is 4.79 Å². The van der Waals surface area contributed by atoms with Gasteiger partial charge in [0.2, 0.25) is 5.91 Å². The van der Waals surface area contributed by atoms with Gasteiger partial charge in [0.25, 0.3) is 0 Å². The summed E-state index contributed by atoms with van der Waals surface area (Å²) in [6.07, 6.45) is 3.14. The molecule has 2 rings (SSSR count). The first-order valence-corrected chi connectivity index (χ1v) is 6.67. The SMILES string of the molecule is O=C(NCCc1ccc(I)s1)C1CC1. The summed E-state index contributed by atoms with van der Waals surface area (Å²) in [6, 6.07) is 4.25. The minimum atomic E-state index is 0.247. The van der Waals surface area contributed by atoms with E-state index in [9.17, 15) is 4.79 Å². The number of amides is 1. The maximum Gasteiger partial charge on any atom is 0.223 e. The van der Waals surface area contributed by atoms with Gasteiger partial charge in [-0.15, -0.1) is 11.3 Å². The van der Waals surface area contributed by atoms with E-state index in [2.05, 4.69) is 40.0 Å². The summed E-state index contributed by atoms with van der Waals surface area (Å²) in [6.45, 7) is 0.784. The fourth-order valence-corrected chi connectivity index (χ4v) is 3.04. The van der Waals surface area contributed by atoms with Gasteiger partial charge in [-0.3, -0.25) is 4.79 Å². The third kappa shape index (κ3) is 2.95. The molecule has 1 saturated carbocycles. The maximum atomic E-state index is 11.3. The van der Waals surface area contributed by atoms with Gasteiger partial charge in [0.15, 0.2) is 0 Å². The van der Waals surface area contributed by atoms with Gasteiger partial charge in [-0.1, -0.05) is 0 Å². The van der Waals surface area contributed by atoms with Crippen LogP contribution in [0.5, 0.6) is 0 Å². The van der Waals surface area contributed by atoms with Gasteiger partial charge in [-0.2, -0.15) is 0 Å². The highest BCUT2D eigenvalue weighted by atomic mass is 127. The molecule has 0 atom stereocenters. The monoisotopic (exact) mass is 321 g/mol. The Morgan fingerprint density at radius 2 is 2.36 bits per heavy atom. The molecule has 1 aromatic heterocycles. The number of rotatable bonds is 4. The van der Waals surface area contributed by atoms with Crippen LogP contribution in [0.25, 0.3) is 0 Å². The number of thiophene rings is 1. The van der Waals surface area contributed by atoms with Crippen LogP contribution in [-0.2, 0) is 11.2 Å². The lowest BCUT2D eigenvalue weighted by Gasteiger charge is -2.01.